The molecule has 1 aliphatic heterocycles. The van der Waals surface area contributed by atoms with Crippen molar-refractivity contribution in [1.82, 2.24) is 0 Å². The van der Waals surface area contributed by atoms with Crippen molar-refractivity contribution in [2.45, 2.75) is 45.0 Å². The highest BCUT2D eigenvalue weighted by Crippen LogP contribution is 2.16. The van der Waals surface area contributed by atoms with Crippen LogP contribution in [0.4, 0.5) is 0 Å². The lowest BCUT2D eigenvalue weighted by Gasteiger charge is -2.25. The lowest BCUT2D eigenvalue weighted by molar-refractivity contribution is -0.189. The fraction of sp³-hybridized carbons (Fsp3) is 0.727. The monoisotopic (exact) mass is 196 g/mol. The Morgan fingerprint density at radius 3 is 3.00 bits per heavy atom. The van der Waals surface area contributed by atoms with E-state index in [1.54, 1.807) is 0 Å². The summed E-state index contributed by atoms with van der Waals surface area (Å²) in [6.45, 7) is 2.20. The number of ketones is 1. The maximum absolute atomic E-state index is 11.1. The molecule has 0 spiro atoms. The van der Waals surface area contributed by atoms with Crippen LogP contribution in [0.5, 0.6) is 0 Å². The lowest BCUT2D eigenvalue weighted by Crippen LogP contribution is -2.31. The quantitative estimate of drug-likeness (QED) is 0.639. The van der Waals surface area contributed by atoms with Crippen LogP contribution in [0.3, 0.4) is 0 Å². The smallest absolute Gasteiger partial charge is 0.159 e. The predicted molar refractivity (Wildman–Crippen MR) is 52.6 cm³/mol. The summed E-state index contributed by atoms with van der Waals surface area (Å²) in [5.74, 6) is 2.41. The Labute approximate surface area is 84.8 Å². The van der Waals surface area contributed by atoms with Gasteiger partial charge in [0.15, 0.2) is 12.1 Å². The van der Waals surface area contributed by atoms with E-state index in [2.05, 4.69) is 5.92 Å². The van der Waals surface area contributed by atoms with Gasteiger partial charge in [0.05, 0.1) is 0 Å². The molecule has 0 radical (unpaired) electrons. The molecule has 1 rings (SSSR count). The normalized spacial score (nSPS) is 23.9. The van der Waals surface area contributed by atoms with E-state index in [1.165, 1.54) is 6.92 Å². The molecule has 0 N–H and O–H groups in total. The summed E-state index contributed by atoms with van der Waals surface area (Å²) in [7, 11) is 0. The Morgan fingerprint density at radius 1 is 1.71 bits per heavy atom. The fourth-order valence-corrected chi connectivity index (χ4v) is 1.40. The third-order valence-electron chi connectivity index (χ3n) is 2.21. The topological polar surface area (TPSA) is 35.5 Å². The second-order valence-electron chi connectivity index (χ2n) is 3.44. The van der Waals surface area contributed by atoms with Crippen LogP contribution < -0.4 is 0 Å². The molecule has 0 bridgehead atoms. The molecule has 0 aromatic rings. The minimum absolute atomic E-state index is 0.0304. The van der Waals surface area contributed by atoms with Gasteiger partial charge >= 0.3 is 0 Å². The highest BCUT2D eigenvalue weighted by atomic mass is 16.7. The maximum atomic E-state index is 11.1. The molecule has 0 amide bonds. The minimum Gasteiger partial charge on any atom is -0.353 e. The van der Waals surface area contributed by atoms with Gasteiger partial charge in [-0.2, -0.15) is 0 Å². The van der Waals surface area contributed by atoms with E-state index < -0.39 is 6.10 Å². The average molecular weight is 196 g/mol. The van der Waals surface area contributed by atoms with Crippen molar-refractivity contribution in [3.05, 3.63) is 0 Å². The van der Waals surface area contributed by atoms with E-state index in [9.17, 15) is 4.79 Å². The summed E-state index contributed by atoms with van der Waals surface area (Å²) < 4.78 is 10.8. The number of Topliss-reactive ketones (excluding diaryl/α,β-unsaturated/α-hetero) is 1. The Bertz CT molecular complexity index is 223. The molecule has 3 heteroatoms. The van der Waals surface area contributed by atoms with E-state index >= 15 is 0 Å². The molecule has 2 atom stereocenters. The van der Waals surface area contributed by atoms with Crippen molar-refractivity contribution in [1.29, 1.82) is 0 Å². The number of terminal acetylenes is 1. The Morgan fingerprint density at radius 2 is 2.50 bits per heavy atom. The number of hydrogen-bond acceptors (Lipinski definition) is 3. The zero-order chi connectivity index (χ0) is 10.4. The van der Waals surface area contributed by atoms with Gasteiger partial charge in [0.1, 0.15) is 6.10 Å². The van der Waals surface area contributed by atoms with Gasteiger partial charge < -0.3 is 9.47 Å². The van der Waals surface area contributed by atoms with Crippen molar-refractivity contribution in [2.24, 2.45) is 0 Å². The molecule has 14 heavy (non-hydrogen) atoms. The first-order chi connectivity index (χ1) is 6.74. The van der Waals surface area contributed by atoms with E-state index in [-0.39, 0.29) is 12.1 Å². The molecule has 0 aromatic carbocycles. The van der Waals surface area contributed by atoms with Gasteiger partial charge in [-0.3, -0.25) is 4.79 Å². The number of ether oxygens (including phenoxy) is 2. The summed E-state index contributed by atoms with van der Waals surface area (Å²) in [5.41, 5.74) is 0. The van der Waals surface area contributed by atoms with Crippen molar-refractivity contribution in [3.63, 3.8) is 0 Å². The largest absolute Gasteiger partial charge is 0.353 e. The van der Waals surface area contributed by atoms with E-state index in [4.69, 9.17) is 15.9 Å². The van der Waals surface area contributed by atoms with Gasteiger partial charge in [-0.1, -0.05) is 0 Å². The first-order valence-electron chi connectivity index (χ1n) is 4.95. The molecule has 78 valence electrons. The number of carbonyl (C=O) groups is 1. The summed E-state index contributed by atoms with van der Waals surface area (Å²) in [6.07, 6.45) is 7.75. The molecule has 0 aliphatic carbocycles. The van der Waals surface area contributed by atoms with Crippen molar-refractivity contribution in [2.75, 3.05) is 6.61 Å². The molecule has 1 saturated heterocycles. The van der Waals surface area contributed by atoms with E-state index in [0.29, 0.717) is 13.0 Å². The Hall–Kier alpha value is -0.850. The van der Waals surface area contributed by atoms with Gasteiger partial charge in [0.2, 0.25) is 0 Å². The van der Waals surface area contributed by atoms with Gasteiger partial charge in [0, 0.05) is 13.0 Å². The molecule has 1 heterocycles. The zero-order valence-electron chi connectivity index (χ0n) is 8.49. The average Bonchev–Trinajstić information content (AvgIpc) is 2.18. The Kier molecular flexibility index (Phi) is 4.64. The number of hydrogen-bond donors (Lipinski definition) is 0. The van der Waals surface area contributed by atoms with Crippen LogP contribution in [0, 0.1) is 12.3 Å². The summed E-state index contributed by atoms with van der Waals surface area (Å²) in [5, 5.41) is 0. The molecular formula is C11H16O3. The Balaban J connectivity index is 2.38. The van der Waals surface area contributed by atoms with Crippen LogP contribution >= 0.6 is 0 Å². The number of carbonyl (C=O) groups excluding carboxylic acids is 1. The van der Waals surface area contributed by atoms with Crippen molar-refractivity contribution >= 4 is 5.78 Å². The molecule has 2 unspecified atom stereocenters. The standard InChI is InChI=1S/C11H16O3/c1-3-6-10(9(2)12)14-11-7-4-5-8-13-11/h1,10-11H,4-8H2,2H3. The first kappa shape index (κ1) is 11.2. The molecule has 1 aliphatic rings. The minimum atomic E-state index is -0.497. The highest BCUT2D eigenvalue weighted by molar-refractivity contribution is 5.80. The summed E-state index contributed by atoms with van der Waals surface area (Å²) >= 11 is 0. The van der Waals surface area contributed by atoms with Crippen LogP contribution in [0.1, 0.15) is 32.6 Å². The van der Waals surface area contributed by atoms with E-state index in [1.807, 2.05) is 0 Å². The highest BCUT2D eigenvalue weighted by Gasteiger charge is 2.21. The van der Waals surface area contributed by atoms with Crippen molar-refractivity contribution in [3.8, 4) is 12.3 Å². The van der Waals surface area contributed by atoms with Crippen LogP contribution in [-0.4, -0.2) is 24.8 Å². The molecule has 3 nitrogen and oxygen atoms in total. The zero-order valence-corrected chi connectivity index (χ0v) is 8.49. The lowest BCUT2D eigenvalue weighted by atomic mass is 10.1. The molecule has 1 fully saturated rings. The third-order valence-corrected chi connectivity index (χ3v) is 2.21. The maximum Gasteiger partial charge on any atom is 0.159 e. The predicted octanol–water partition coefficient (Wildman–Crippen LogP) is 1.51. The summed E-state index contributed by atoms with van der Waals surface area (Å²) in [6, 6.07) is 0. The van der Waals surface area contributed by atoms with Gasteiger partial charge in [-0.15, -0.1) is 12.3 Å². The number of rotatable bonds is 4. The van der Waals surface area contributed by atoms with Crippen LogP contribution in [0.2, 0.25) is 0 Å². The van der Waals surface area contributed by atoms with Crippen LogP contribution in [-0.2, 0) is 14.3 Å². The second kappa shape index (κ2) is 5.79. The first-order valence-corrected chi connectivity index (χ1v) is 4.95. The van der Waals surface area contributed by atoms with Crippen molar-refractivity contribution < 1.29 is 14.3 Å². The second-order valence-corrected chi connectivity index (χ2v) is 3.44. The molecule has 0 saturated carbocycles. The van der Waals surface area contributed by atoms with E-state index in [0.717, 1.165) is 19.3 Å². The van der Waals surface area contributed by atoms with Gasteiger partial charge in [0.25, 0.3) is 0 Å². The fourth-order valence-electron chi connectivity index (χ4n) is 1.40. The molecular weight excluding hydrogens is 180 g/mol. The third kappa shape index (κ3) is 3.49. The van der Waals surface area contributed by atoms with Crippen LogP contribution in [0.15, 0.2) is 0 Å². The van der Waals surface area contributed by atoms with Gasteiger partial charge in [-0.25, -0.2) is 0 Å². The summed E-state index contributed by atoms with van der Waals surface area (Å²) in [4.78, 5) is 11.1. The van der Waals surface area contributed by atoms with Gasteiger partial charge in [-0.05, 0) is 26.2 Å². The van der Waals surface area contributed by atoms with Crippen LogP contribution in [0.25, 0.3) is 0 Å². The molecule has 0 aromatic heterocycles. The SMILES string of the molecule is C#CCC(OC1CCCCO1)C(C)=O.